The minimum Gasteiger partial charge on any atom is -0.444 e. The van der Waals surface area contributed by atoms with Gasteiger partial charge in [-0.25, -0.2) is 17.9 Å². The number of nitro groups is 1. The molecule has 1 aromatic carbocycles. The van der Waals surface area contributed by atoms with Gasteiger partial charge >= 0.3 is 6.09 Å². The predicted molar refractivity (Wildman–Crippen MR) is 127 cm³/mol. The van der Waals surface area contributed by atoms with Gasteiger partial charge in [0.1, 0.15) is 5.60 Å². The van der Waals surface area contributed by atoms with Crippen molar-refractivity contribution in [3.8, 4) is 0 Å². The molecule has 1 unspecified atom stereocenters. The van der Waals surface area contributed by atoms with Crippen molar-refractivity contribution in [1.82, 2.24) is 9.62 Å². The first kappa shape index (κ1) is 27.8. The van der Waals surface area contributed by atoms with Crippen molar-refractivity contribution in [3.63, 3.8) is 0 Å². The molecule has 1 saturated heterocycles. The first-order valence-electron chi connectivity index (χ1n) is 10.3. The number of likely N-dealkylation sites (tertiary alicyclic amines) is 1. The highest BCUT2D eigenvalue weighted by molar-refractivity contribution is 9.09. The smallest absolute Gasteiger partial charge is 0.410 e. The molecule has 1 aliphatic heterocycles. The third kappa shape index (κ3) is 8.06. The second kappa shape index (κ2) is 11.3. The number of hydrogen-bond acceptors (Lipinski definition) is 7. The van der Waals surface area contributed by atoms with E-state index in [4.69, 9.17) is 21.1 Å². The molecule has 1 fully saturated rings. The molecule has 10 nitrogen and oxygen atoms in total. The summed E-state index contributed by atoms with van der Waals surface area (Å²) in [5.74, 6) is -0.0331. The van der Waals surface area contributed by atoms with Crippen LogP contribution in [0.15, 0.2) is 29.2 Å². The highest BCUT2D eigenvalue weighted by Crippen LogP contribution is 2.30. The van der Waals surface area contributed by atoms with E-state index in [0.29, 0.717) is 31.3 Å². The van der Waals surface area contributed by atoms with Crippen molar-refractivity contribution in [2.24, 2.45) is 0 Å². The van der Waals surface area contributed by atoms with Crippen LogP contribution in [-0.2, 0) is 19.5 Å². The molecule has 0 saturated carbocycles. The van der Waals surface area contributed by atoms with Crippen LogP contribution in [0.2, 0.25) is 0 Å². The number of nitrogens with zero attached hydrogens (tertiary/aromatic N) is 2. The lowest BCUT2D eigenvalue weighted by molar-refractivity contribution is -0.384. The zero-order valence-corrected chi connectivity index (χ0v) is 21.9. The topological polar surface area (TPSA) is 128 Å². The molecule has 0 spiro atoms. The third-order valence-electron chi connectivity index (χ3n) is 5.03. The second-order valence-electron chi connectivity index (χ2n) is 8.82. The fraction of sp³-hybridized carbons (Fsp3) is 0.650. The maximum Gasteiger partial charge on any atom is 0.410 e. The number of nitrogens with one attached hydrogen (secondary N) is 1. The van der Waals surface area contributed by atoms with E-state index in [1.165, 1.54) is 12.1 Å². The van der Waals surface area contributed by atoms with Crippen LogP contribution in [0.25, 0.3) is 0 Å². The van der Waals surface area contributed by atoms with E-state index >= 15 is 0 Å². The fourth-order valence-corrected chi connectivity index (χ4v) is 5.36. The Balaban J connectivity index is 1.96. The van der Waals surface area contributed by atoms with Crippen LogP contribution in [0, 0.1) is 10.1 Å². The molecule has 2 rings (SSSR count). The van der Waals surface area contributed by atoms with Gasteiger partial charge in [0.25, 0.3) is 5.69 Å². The molecule has 0 bridgehead atoms. The molecule has 0 aromatic heterocycles. The van der Waals surface area contributed by atoms with Crippen LogP contribution < -0.4 is 4.72 Å². The molecule has 33 heavy (non-hydrogen) atoms. The van der Waals surface area contributed by atoms with Gasteiger partial charge in [-0.1, -0.05) is 15.9 Å². The van der Waals surface area contributed by atoms with E-state index < -0.39 is 32.2 Å². The molecule has 1 aliphatic rings. The van der Waals surface area contributed by atoms with Gasteiger partial charge in [-0.05, 0) is 45.7 Å². The summed E-state index contributed by atoms with van der Waals surface area (Å²) in [6, 6.07) is 3.86. The third-order valence-corrected chi connectivity index (χ3v) is 7.96. The van der Waals surface area contributed by atoms with Crippen molar-refractivity contribution in [2.45, 2.75) is 55.8 Å². The van der Waals surface area contributed by atoms with Crippen LogP contribution in [0.4, 0.5) is 10.5 Å². The largest absolute Gasteiger partial charge is 0.444 e. The molecular weight excluding hydrogens is 542 g/mol. The van der Waals surface area contributed by atoms with Crippen LogP contribution in [0.3, 0.4) is 0 Å². The number of non-ortho nitro benzene ring substituents is 1. The SMILES string of the molecule is CC(C)(C)OC(=O)N1CCC(CBr)(OCC(CCl)NS(=O)(=O)c2ccc([N+](=O)[O-])cc2)CC1. The summed E-state index contributed by atoms with van der Waals surface area (Å²) in [5.41, 5.74) is -1.36. The number of nitro benzene ring substituents is 1. The van der Waals surface area contributed by atoms with Crippen molar-refractivity contribution in [2.75, 3.05) is 30.9 Å². The summed E-state index contributed by atoms with van der Waals surface area (Å²) in [5, 5.41) is 11.3. The number of alkyl halides is 2. The Bertz CT molecular complexity index is 930. The molecule has 13 heteroatoms. The summed E-state index contributed by atoms with van der Waals surface area (Å²) >= 11 is 9.46. The average molecular weight is 571 g/mol. The van der Waals surface area contributed by atoms with Gasteiger partial charge in [0.05, 0.1) is 28.1 Å². The highest BCUT2D eigenvalue weighted by atomic mass is 79.9. The van der Waals surface area contributed by atoms with Gasteiger partial charge in [-0.2, -0.15) is 0 Å². The van der Waals surface area contributed by atoms with Gasteiger partial charge < -0.3 is 14.4 Å². The average Bonchev–Trinajstić information content (AvgIpc) is 2.75. The Morgan fingerprint density at radius 1 is 1.30 bits per heavy atom. The predicted octanol–water partition coefficient (Wildman–Crippen LogP) is 3.66. The van der Waals surface area contributed by atoms with Crippen molar-refractivity contribution in [1.29, 1.82) is 0 Å². The number of amides is 1. The summed E-state index contributed by atoms with van der Waals surface area (Å²) in [6.45, 7) is 6.34. The standard InChI is InChI=1S/C20H29BrClN3O7S/c1-19(2,3)32-18(26)24-10-8-20(14-21,9-11-24)31-13-15(12-22)23-33(29,30)17-6-4-16(5-7-17)25(27)28/h4-7,15,23H,8-14H2,1-3H3. The second-order valence-corrected chi connectivity index (χ2v) is 11.4. The number of piperidine rings is 1. The van der Waals surface area contributed by atoms with Gasteiger partial charge in [-0.3, -0.25) is 10.1 Å². The van der Waals surface area contributed by atoms with Gasteiger partial charge in [0.15, 0.2) is 0 Å². The Morgan fingerprint density at radius 2 is 1.88 bits per heavy atom. The van der Waals surface area contributed by atoms with E-state index in [1.807, 2.05) is 20.8 Å². The summed E-state index contributed by atoms with van der Waals surface area (Å²) < 4.78 is 39.3. The molecule has 1 amide bonds. The van der Waals surface area contributed by atoms with Gasteiger partial charge in [0, 0.05) is 36.4 Å². The number of carbonyl (C=O) groups is 1. The Labute approximate surface area is 207 Å². The number of hydrogen-bond donors (Lipinski definition) is 1. The minimum absolute atomic E-state index is 0.0216. The Morgan fingerprint density at radius 3 is 2.33 bits per heavy atom. The molecule has 0 radical (unpaired) electrons. The normalized spacial score (nSPS) is 17.4. The number of halogens is 2. The van der Waals surface area contributed by atoms with E-state index in [2.05, 4.69) is 20.7 Å². The van der Waals surface area contributed by atoms with Crippen LogP contribution in [-0.4, -0.2) is 72.5 Å². The molecule has 1 N–H and O–H groups in total. The highest BCUT2D eigenvalue weighted by Gasteiger charge is 2.38. The quantitative estimate of drug-likeness (QED) is 0.273. The minimum atomic E-state index is -3.95. The van der Waals surface area contributed by atoms with E-state index in [9.17, 15) is 23.3 Å². The van der Waals surface area contributed by atoms with Crippen LogP contribution in [0.1, 0.15) is 33.6 Å². The van der Waals surface area contributed by atoms with E-state index in [-0.39, 0.29) is 29.2 Å². The van der Waals surface area contributed by atoms with Crippen LogP contribution >= 0.6 is 27.5 Å². The molecule has 1 aromatic rings. The molecule has 0 aliphatic carbocycles. The summed E-state index contributed by atoms with van der Waals surface area (Å²) in [4.78, 5) is 24.0. The van der Waals surface area contributed by atoms with E-state index in [0.717, 1.165) is 12.1 Å². The lowest BCUT2D eigenvalue weighted by Gasteiger charge is -2.41. The monoisotopic (exact) mass is 569 g/mol. The van der Waals surface area contributed by atoms with Gasteiger partial charge in [-0.15, -0.1) is 11.6 Å². The number of benzene rings is 1. The van der Waals surface area contributed by atoms with Gasteiger partial charge in [0.2, 0.25) is 10.0 Å². The molecule has 1 atom stereocenters. The summed E-state index contributed by atoms with van der Waals surface area (Å²) in [7, 11) is -3.95. The molecular formula is C20H29BrClN3O7S. The lowest BCUT2D eigenvalue weighted by atomic mass is 9.93. The lowest BCUT2D eigenvalue weighted by Crippen LogP contribution is -2.52. The maximum absolute atomic E-state index is 12.7. The zero-order valence-electron chi connectivity index (χ0n) is 18.8. The maximum atomic E-state index is 12.7. The van der Waals surface area contributed by atoms with Crippen molar-refractivity contribution >= 4 is 49.3 Å². The number of rotatable bonds is 9. The Kier molecular flexibility index (Phi) is 9.51. The number of ether oxygens (including phenoxy) is 2. The number of carbonyl (C=O) groups excluding carboxylic acids is 1. The summed E-state index contributed by atoms with van der Waals surface area (Å²) in [6.07, 6.45) is 0.712. The van der Waals surface area contributed by atoms with Crippen LogP contribution in [0.5, 0.6) is 0 Å². The zero-order chi connectivity index (χ0) is 24.9. The first-order valence-corrected chi connectivity index (χ1v) is 13.5. The Hall–Kier alpha value is -1.47. The van der Waals surface area contributed by atoms with Crippen molar-refractivity contribution in [3.05, 3.63) is 34.4 Å². The number of sulfonamides is 1. The fourth-order valence-electron chi connectivity index (χ4n) is 3.16. The first-order chi connectivity index (χ1) is 15.3. The van der Waals surface area contributed by atoms with Crippen molar-refractivity contribution < 1.29 is 27.6 Å². The van der Waals surface area contributed by atoms with E-state index in [1.54, 1.807) is 4.90 Å². The molecule has 186 valence electrons. The molecule has 1 heterocycles.